The molecule has 0 aliphatic heterocycles. The van der Waals surface area contributed by atoms with Crippen LogP contribution in [-0.2, 0) is 0 Å². The quantitative estimate of drug-likeness (QED) is 0.270. The summed E-state index contributed by atoms with van der Waals surface area (Å²) in [6.07, 6.45) is 3.69. The van der Waals surface area contributed by atoms with E-state index in [0.717, 1.165) is 55.3 Å². The van der Waals surface area contributed by atoms with Crippen molar-refractivity contribution in [1.29, 1.82) is 0 Å². The fourth-order valence-corrected chi connectivity index (χ4v) is 5.01. The van der Waals surface area contributed by atoms with Crippen molar-refractivity contribution < 1.29 is 4.42 Å². The predicted octanol–water partition coefficient (Wildman–Crippen LogP) is 9.14. The van der Waals surface area contributed by atoms with Crippen LogP contribution in [0.25, 0.3) is 66.1 Å². The molecule has 0 amide bonds. The summed E-state index contributed by atoms with van der Waals surface area (Å²) < 4.78 is 6.64. The minimum absolute atomic E-state index is 0.921. The van der Waals surface area contributed by atoms with Crippen LogP contribution < -0.4 is 0 Å². The van der Waals surface area contributed by atoms with Gasteiger partial charge in [-0.1, -0.05) is 103 Å². The van der Waals surface area contributed by atoms with Crippen LogP contribution >= 0.6 is 0 Å². The summed E-state index contributed by atoms with van der Waals surface area (Å²) in [5.74, 6) is 0. The zero-order valence-electron chi connectivity index (χ0n) is 19.0. The highest BCUT2D eigenvalue weighted by Gasteiger charge is 2.15. The number of nitrogens with zero attached hydrogens (tertiary/aromatic N) is 1. The molecule has 0 atom stereocenters. The van der Waals surface area contributed by atoms with E-state index in [-0.39, 0.29) is 0 Å². The van der Waals surface area contributed by atoms with Gasteiger partial charge in [0.1, 0.15) is 11.2 Å². The molecule has 7 aromatic rings. The van der Waals surface area contributed by atoms with Crippen molar-refractivity contribution in [3.63, 3.8) is 0 Å². The molecule has 0 unspecified atom stereocenters. The first-order valence-corrected chi connectivity index (χ1v) is 11.8. The molecule has 2 aromatic heterocycles. The van der Waals surface area contributed by atoms with Gasteiger partial charge in [-0.2, -0.15) is 0 Å². The van der Waals surface area contributed by atoms with Gasteiger partial charge in [0.2, 0.25) is 0 Å². The van der Waals surface area contributed by atoms with E-state index in [2.05, 4.69) is 114 Å². The van der Waals surface area contributed by atoms with Gasteiger partial charge in [0, 0.05) is 34.3 Å². The van der Waals surface area contributed by atoms with Crippen LogP contribution in [0.2, 0.25) is 0 Å². The molecule has 0 spiro atoms. The van der Waals surface area contributed by atoms with Crippen molar-refractivity contribution in [1.82, 2.24) is 4.98 Å². The normalized spacial score (nSPS) is 11.4. The number of hydrogen-bond donors (Lipinski definition) is 0. The van der Waals surface area contributed by atoms with Gasteiger partial charge in [0.05, 0.1) is 0 Å². The monoisotopic (exact) mass is 447 g/mol. The third kappa shape index (κ3) is 3.31. The van der Waals surface area contributed by atoms with E-state index in [1.54, 1.807) is 6.20 Å². The average Bonchev–Trinajstić information content (AvgIpc) is 3.32. The van der Waals surface area contributed by atoms with Crippen molar-refractivity contribution in [2.45, 2.75) is 0 Å². The molecular formula is C33H21NO. The van der Waals surface area contributed by atoms with E-state index in [0.29, 0.717) is 0 Å². The molecular weight excluding hydrogens is 426 g/mol. The third-order valence-corrected chi connectivity index (χ3v) is 6.78. The summed E-state index contributed by atoms with van der Waals surface area (Å²) in [5.41, 5.74) is 8.62. The first-order valence-electron chi connectivity index (χ1n) is 11.8. The Morgan fingerprint density at radius 2 is 1.11 bits per heavy atom. The van der Waals surface area contributed by atoms with Crippen LogP contribution in [0.5, 0.6) is 0 Å². The molecule has 2 heteroatoms. The predicted molar refractivity (Wildman–Crippen MR) is 145 cm³/mol. The molecule has 35 heavy (non-hydrogen) atoms. The van der Waals surface area contributed by atoms with Gasteiger partial charge in [-0.15, -0.1) is 0 Å². The summed E-state index contributed by atoms with van der Waals surface area (Å²) in [5, 5.41) is 4.74. The lowest BCUT2D eigenvalue weighted by Gasteiger charge is -2.06. The van der Waals surface area contributed by atoms with E-state index in [9.17, 15) is 0 Å². The number of pyridine rings is 1. The molecule has 164 valence electrons. The third-order valence-electron chi connectivity index (χ3n) is 6.78. The first-order chi connectivity index (χ1) is 17.3. The molecule has 7 rings (SSSR count). The summed E-state index contributed by atoms with van der Waals surface area (Å²) in [6, 6.07) is 40.6. The second-order valence-corrected chi connectivity index (χ2v) is 8.85. The van der Waals surface area contributed by atoms with Gasteiger partial charge in [-0.05, 0) is 45.2 Å². The molecule has 0 saturated heterocycles. The van der Waals surface area contributed by atoms with E-state index < -0.39 is 0 Å². The summed E-state index contributed by atoms with van der Waals surface area (Å²) in [7, 11) is 0. The number of benzene rings is 5. The fourth-order valence-electron chi connectivity index (χ4n) is 5.01. The molecule has 0 aliphatic carbocycles. The lowest BCUT2D eigenvalue weighted by molar-refractivity contribution is 0.671. The van der Waals surface area contributed by atoms with Crippen LogP contribution in [0.15, 0.2) is 132 Å². The Hall–Kier alpha value is -4.69. The lowest BCUT2D eigenvalue weighted by Crippen LogP contribution is -1.82. The van der Waals surface area contributed by atoms with Crippen molar-refractivity contribution in [3.05, 3.63) is 128 Å². The molecule has 2 heterocycles. The van der Waals surface area contributed by atoms with Crippen molar-refractivity contribution in [3.8, 4) is 33.4 Å². The van der Waals surface area contributed by atoms with E-state index in [1.807, 2.05) is 12.3 Å². The number of hydrogen-bond acceptors (Lipinski definition) is 2. The van der Waals surface area contributed by atoms with Gasteiger partial charge >= 0.3 is 0 Å². The summed E-state index contributed by atoms with van der Waals surface area (Å²) in [6.45, 7) is 0. The Labute approximate surface area is 203 Å². The second kappa shape index (κ2) is 7.96. The second-order valence-electron chi connectivity index (χ2n) is 8.85. The molecule has 2 nitrogen and oxygen atoms in total. The Bertz CT molecular complexity index is 1830. The van der Waals surface area contributed by atoms with Gasteiger partial charge in [0.25, 0.3) is 0 Å². The maximum absolute atomic E-state index is 6.64. The van der Waals surface area contributed by atoms with Crippen LogP contribution in [-0.4, -0.2) is 4.98 Å². The van der Waals surface area contributed by atoms with Crippen LogP contribution in [0.3, 0.4) is 0 Å². The Balaban J connectivity index is 1.39. The molecule has 0 aliphatic rings. The Morgan fingerprint density at radius 3 is 1.83 bits per heavy atom. The van der Waals surface area contributed by atoms with E-state index in [4.69, 9.17) is 4.42 Å². The Morgan fingerprint density at radius 1 is 0.457 bits per heavy atom. The van der Waals surface area contributed by atoms with Crippen molar-refractivity contribution in [2.24, 2.45) is 0 Å². The molecule has 0 radical (unpaired) electrons. The maximum Gasteiger partial charge on any atom is 0.143 e. The smallest absolute Gasteiger partial charge is 0.143 e. The molecule has 0 bridgehead atoms. The molecule has 0 saturated carbocycles. The fraction of sp³-hybridized carbons (Fsp3) is 0. The van der Waals surface area contributed by atoms with Crippen molar-refractivity contribution >= 4 is 32.7 Å². The number of para-hydroxylation sites is 2. The minimum Gasteiger partial charge on any atom is -0.455 e. The molecule has 5 aromatic carbocycles. The average molecular weight is 448 g/mol. The highest BCUT2D eigenvalue weighted by atomic mass is 16.3. The summed E-state index contributed by atoms with van der Waals surface area (Å²) in [4.78, 5) is 4.24. The largest absolute Gasteiger partial charge is 0.455 e. The standard InChI is InChI=1S/C33H21NO/c1-2-7-25-20-26(18-15-22(25)6-1)29-10-4-12-31-30-11-3-9-28(32(30)35-33(29)31)24-16-13-23(14-17-24)27-8-5-19-34-21-27/h1-21H. The number of rotatable bonds is 3. The van der Waals surface area contributed by atoms with E-state index >= 15 is 0 Å². The number of fused-ring (bicyclic) bond motifs is 4. The van der Waals surface area contributed by atoms with Gasteiger partial charge in [0.15, 0.2) is 0 Å². The topological polar surface area (TPSA) is 26.0 Å². The van der Waals surface area contributed by atoms with Gasteiger partial charge in [-0.3, -0.25) is 4.98 Å². The van der Waals surface area contributed by atoms with Crippen LogP contribution in [0.1, 0.15) is 0 Å². The first kappa shape index (κ1) is 19.7. The SMILES string of the molecule is c1cncc(-c2ccc(-c3cccc4c3oc3c(-c5ccc6ccccc6c5)cccc34)cc2)c1. The Kier molecular flexibility index (Phi) is 4.49. The zero-order valence-corrected chi connectivity index (χ0v) is 19.0. The number of furan rings is 1. The highest BCUT2D eigenvalue weighted by molar-refractivity contribution is 6.13. The molecule has 0 N–H and O–H groups in total. The van der Waals surface area contributed by atoms with Crippen LogP contribution in [0, 0.1) is 0 Å². The van der Waals surface area contributed by atoms with Gasteiger partial charge < -0.3 is 4.42 Å². The van der Waals surface area contributed by atoms with E-state index in [1.165, 1.54) is 10.8 Å². The lowest BCUT2D eigenvalue weighted by atomic mass is 9.98. The maximum atomic E-state index is 6.64. The van der Waals surface area contributed by atoms with Gasteiger partial charge in [-0.25, -0.2) is 0 Å². The van der Waals surface area contributed by atoms with Crippen molar-refractivity contribution in [2.75, 3.05) is 0 Å². The highest BCUT2D eigenvalue weighted by Crippen LogP contribution is 2.40. The number of aromatic nitrogens is 1. The summed E-state index contributed by atoms with van der Waals surface area (Å²) >= 11 is 0. The molecule has 0 fully saturated rings. The minimum atomic E-state index is 0.921. The van der Waals surface area contributed by atoms with Crippen LogP contribution in [0.4, 0.5) is 0 Å². The zero-order chi connectivity index (χ0) is 23.2.